The number of nitro benzene ring substituents is 1. The minimum atomic E-state index is -0.406. The van der Waals surface area contributed by atoms with Crippen LogP contribution in [0.4, 0.5) is 5.69 Å². The Morgan fingerprint density at radius 3 is 2.40 bits per heavy atom. The third-order valence-corrected chi connectivity index (χ3v) is 5.77. The van der Waals surface area contributed by atoms with Gasteiger partial charge < -0.3 is 9.47 Å². The maximum Gasteiger partial charge on any atom is 0.278 e. The summed E-state index contributed by atoms with van der Waals surface area (Å²) in [6, 6.07) is 13.2. The largest absolute Gasteiger partial charge is 0.477 e. The molecule has 0 radical (unpaired) electrons. The summed E-state index contributed by atoms with van der Waals surface area (Å²) in [6.45, 7) is 3.42. The molecule has 0 aliphatic carbocycles. The molecule has 0 saturated carbocycles. The molecular weight excluding hydrogens is 403 g/mol. The van der Waals surface area contributed by atoms with Crippen LogP contribution < -0.4 is 9.47 Å². The molecule has 0 fully saturated rings. The Hall–Kier alpha value is -2.83. The van der Waals surface area contributed by atoms with Gasteiger partial charge in [0.25, 0.3) is 17.4 Å². The second kappa shape index (κ2) is 10.3. The summed E-state index contributed by atoms with van der Waals surface area (Å²) in [5, 5.41) is 11.5. The Balaban J connectivity index is 2.04. The lowest BCUT2D eigenvalue weighted by atomic mass is 10.1. The molecule has 3 aromatic rings. The second-order valence-electron chi connectivity index (χ2n) is 6.71. The van der Waals surface area contributed by atoms with Crippen molar-refractivity contribution in [3.8, 4) is 11.8 Å². The van der Waals surface area contributed by atoms with Crippen molar-refractivity contribution in [1.29, 1.82) is 0 Å². The number of rotatable bonds is 10. The second-order valence-corrected chi connectivity index (χ2v) is 8.23. The van der Waals surface area contributed by atoms with Crippen molar-refractivity contribution in [3.05, 3.63) is 63.7 Å². The lowest BCUT2D eigenvalue weighted by Gasteiger charge is -2.23. The highest BCUT2D eigenvalue weighted by Crippen LogP contribution is 2.31. The Kier molecular flexibility index (Phi) is 7.49. The summed E-state index contributed by atoms with van der Waals surface area (Å²) in [5.74, 6) is 0.454. The predicted octanol–water partition coefficient (Wildman–Crippen LogP) is 4.21. The lowest BCUT2D eigenvalue weighted by Crippen LogP contribution is -2.22. The van der Waals surface area contributed by atoms with Gasteiger partial charge in [-0.3, -0.25) is 15.0 Å². The fourth-order valence-electron chi connectivity index (χ4n) is 3.19. The molecule has 2 aromatic carbocycles. The summed E-state index contributed by atoms with van der Waals surface area (Å²) in [6.07, 6.45) is 1.99. The van der Waals surface area contributed by atoms with E-state index in [0.717, 1.165) is 33.1 Å². The van der Waals surface area contributed by atoms with Crippen LogP contribution in [-0.4, -0.2) is 46.5 Å². The molecule has 3 rings (SSSR count). The number of nitro groups is 1. The van der Waals surface area contributed by atoms with Gasteiger partial charge in [-0.15, -0.1) is 8.58 Å². The third kappa shape index (κ3) is 5.20. The fourth-order valence-corrected chi connectivity index (χ4v) is 3.96. The molecular formula is C21H25N4O4P. The molecule has 0 aliphatic heterocycles. The van der Waals surface area contributed by atoms with Gasteiger partial charge in [0.05, 0.1) is 24.7 Å². The molecule has 1 unspecified atom stereocenters. The van der Waals surface area contributed by atoms with E-state index in [2.05, 4.69) is 33.9 Å². The summed E-state index contributed by atoms with van der Waals surface area (Å²) >= 11 is 0. The van der Waals surface area contributed by atoms with Crippen LogP contribution in [0.2, 0.25) is 0 Å². The average molecular weight is 428 g/mol. The monoisotopic (exact) mass is 428 g/mol. The van der Waals surface area contributed by atoms with Crippen LogP contribution in [0.15, 0.2) is 42.5 Å². The highest BCUT2D eigenvalue weighted by atomic mass is 31.1. The normalized spacial score (nSPS) is 11.5. The van der Waals surface area contributed by atoms with Crippen LogP contribution in [0.3, 0.4) is 0 Å². The zero-order chi connectivity index (χ0) is 21.5. The Labute approximate surface area is 177 Å². The zero-order valence-electron chi connectivity index (χ0n) is 17.3. The smallest absolute Gasteiger partial charge is 0.278 e. The highest BCUT2D eigenvalue weighted by molar-refractivity contribution is 7.37. The van der Waals surface area contributed by atoms with Crippen LogP contribution in [-0.2, 0) is 13.1 Å². The Morgan fingerprint density at radius 2 is 1.77 bits per heavy atom. The topological polar surface area (TPSA) is 90.6 Å². The van der Waals surface area contributed by atoms with Gasteiger partial charge >= 0.3 is 0 Å². The van der Waals surface area contributed by atoms with E-state index in [0.29, 0.717) is 17.6 Å². The molecule has 8 nitrogen and oxygen atoms in total. The maximum absolute atomic E-state index is 11.5. The molecule has 1 heterocycles. The van der Waals surface area contributed by atoms with Gasteiger partial charge in [0.2, 0.25) is 0 Å². The maximum atomic E-state index is 11.5. The van der Waals surface area contributed by atoms with E-state index in [9.17, 15) is 10.1 Å². The average Bonchev–Trinajstić information content (AvgIpc) is 2.76. The highest BCUT2D eigenvalue weighted by Gasteiger charge is 2.19. The minimum Gasteiger partial charge on any atom is -0.477 e. The van der Waals surface area contributed by atoms with E-state index >= 15 is 0 Å². The number of non-ortho nitro benzene ring substituents is 1. The van der Waals surface area contributed by atoms with Crippen LogP contribution >= 0.6 is 8.58 Å². The number of nitrogens with zero attached hydrogens (tertiary/aromatic N) is 4. The molecule has 9 heteroatoms. The van der Waals surface area contributed by atoms with E-state index in [4.69, 9.17) is 9.47 Å². The Morgan fingerprint density at radius 1 is 1.07 bits per heavy atom. The Bertz CT molecular complexity index is 1020. The molecule has 0 bridgehead atoms. The van der Waals surface area contributed by atoms with Gasteiger partial charge in [0.15, 0.2) is 0 Å². The first-order valence-corrected chi connectivity index (χ1v) is 11.0. The van der Waals surface area contributed by atoms with Crippen molar-refractivity contribution in [2.75, 3.05) is 26.7 Å². The first-order chi connectivity index (χ1) is 14.5. The minimum absolute atomic E-state index is 0.0170. The number of fused-ring (bicyclic) bond motifs is 1. The number of hydrogen-bond acceptors (Lipinski definition) is 7. The molecule has 158 valence electrons. The van der Waals surface area contributed by atoms with Crippen LogP contribution in [0, 0.1) is 10.1 Å². The van der Waals surface area contributed by atoms with Gasteiger partial charge in [-0.1, -0.05) is 37.3 Å². The summed E-state index contributed by atoms with van der Waals surface area (Å²) in [4.78, 5) is 22.3. The van der Waals surface area contributed by atoms with Crippen LogP contribution in [0.25, 0.3) is 11.0 Å². The standard InChI is InChI=1S/C21H25N4O4P/c1-4-30-14-24(12-15-8-6-5-7-9-15)13-16-10-17(25(26)27)11-18-19(16)23-21(29-3)20(22-18)28-2/h5-11,30H,4,12-14H2,1-3H3. The SMILES string of the molecule is CCPCN(Cc1ccccc1)Cc1cc([N+](=O)[O-])cc2nc(OC)c(OC)nc12. The summed E-state index contributed by atoms with van der Waals surface area (Å²) < 4.78 is 10.5. The lowest BCUT2D eigenvalue weighted by molar-refractivity contribution is -0.384. The van der Waals surface area contributed by atoms with Crippen molar-refractivity contribution < 1.29 is 14.4 Å². The van der Waals surface area contributed by atoms with Gasteiger partial charge in [0.1, 0.15) is 5.52 Å². The molecule has 30 heavy (non-hydrogen) atoms. The van der Waals surface area contributed by atoms with E-state index in [1.165, 1.54) is 25.8 Å². The van der Waals surface area contributed by atoms with Crippen LogP contribution in [0.5, 0.6) is 11.8 Å². The van der Waals surface area contributed by atoms with E-state index in [1.807, 2.05) is 18.2 Å². The molecule has 0 amide bonds. The zero-order valence-corrected chi connectivity index (χ0v) is 18.3. The van der Waals surface area contributed by atoms with Crippen molar-refractivity contribution in [3.63, 3.8) is 0 Å². The number of benzene rings is 2. The quantitative estimate of drug-likeness (QED) is 0.271. The van der Waals surface area contributed by atoms with Gasteiger partial charge in [-0.05, 0) is 11.7 Å². The molecule has 0 N–H and O–H groups in total. The third-order valence-electron chi connectivity index (χ3n) is 4.60. The fraction of sp³-hybridized carbons (Fsp3) is 0.333. The van der Waals surface area contributed by atoms with Crippen LogP contribution in [0.1, 0.15) is 18.1 Å². The van der Waals surface area contributed by atoms with Crippen molar-refractivity contribution in [1.82, 2.24) is 14.9 Å². The molecule has 1 atom stereocenters. The number of hydrogen-bond donors (Lipinski definition) is 0. The number of methoxy groups -OCH3 is 2. The number of ether oxygens (including phenoxy) is 2. The van der Waals surface area contributed by atoms with E-state index in [1.54, 1.807) is 6.07 Å². The van der Waals surface area contributed by atoms with E-state index in [-0.39, 0.29) is 17.4 Å². The van der Waals surface area contributed by atoms with Crippen molar-refractivity contribution in [2.45, 2.75) is 20.0 Å². The molecule has 0 aliphatic rings. The van der Waals surface area contributed by atoms with E-state index < -0.39 is 4.92 Å². The molecule has 1 aromatic heterocycles. The molecule has 0 saturated heterocycles. The number of aromatic nitrogens is 2. The van der Waals surface area contributed by atoms with Gasteiger partial charge in [-0.2, -0.15) is 0 Å². The molecule has 0 spiro atoms. The summed E-state index contributed by atoms with van der Waals surface area (Å²) in [5.41, 5.74) is 2.91. The van der Waals surface area contributed by atoms with Gasteiger partial charge in [-0.25, -0.2) is 9.97 Å². The van der Waals surface area contributed by atoms with Gasteiger partial charge in [0, 0.05) is 37.1 Å². The first-order valence-electron chi connectivity index (χ1n) is 9.59. The first kappa shape index (κ1) is 21.9. The predicted molar refractivity (Wildman–Crippen MR) is 119 cm³/mol. The van der Waals surface area contributed by atoms with Crippen molar-refractivity contribution in [2.24, 2.45) is 0 Å². The summed E-state index contributed by atoms with van der Waals surface area (Å²) in [7, 11) is 3.73. The van der Waals surface area contributed by atoms with Crippen molar-refractivity contribution >= 4 is 25.3 Å².